The van der Waals surface area contributed by atoms with Crippen LogP contribution in [-0.2, 0) is 4.74 Å². The summed E-state index contributed by atoms with van der Waals surface area (Å²) >= 11 is 0. The number of carboxylic acids is 1. The predicted octanol–water partition coefficient (Wildman–Crippen LogP) is 4.35. The highest BCUT2D eigenvalue weighted by Gasteiger charge is 2.29. The van der Waals surface area contributed by atoms with Crippen LogP contribution in [0.15, 0.2) is 72.8 Å². The zero-order valence-corrected chi connectivity index (χ0v) is 13.9. The molecule has 3 aromatic carbocycles. The van der Waals surface area contributed by atoms with Gasteiger partial charge in [0.05, 0.1) is 11.1 Å². The van der Waals surface area contributed by atoms with Crippen LogP contribution >= 0.6 is 0 Å². The van der Waals surface area contributed by atoms with Crippen molar-refractivity contribution in [2.45, 2.75) is 5.92 Å². The van der Waals surface area contributed by atoms with Gasteiger partial charge in [-0.15, -0.1) is 0 Å². The molecule has 0 saturated heterocycles. The lowest BCUT2D eigenvalue weighted by Crippen LogP contribution is -2.15. The van der Waals surface area contributed by atoms with E-state index in [1.165, 1.54) is 12.1 Å². The standard InChI is InChI=1S/C22H16O4/c23-21(24)18-11-5-6-12-19(18)22(25)26-13-20-16-9-3-1-7-14(16)15-8-2-4-10-17(15)20/h1-12,20H,13H2,(H,23,24). The summed E-state index contributed by atoms with van der Waals surface area (Å²) in [5.74, 6) is -1.82. The fraction of sp³-hybridized carbons (Fsp3) is 0.0909. The molecule has 0 amide bonds. The Hall–Kier alpha value is -3.40. The van der Waals surface area contributed by atoms with Crippen molar-refractivity contribution in [3.8, 4) is 11.1 Å². The van der Waals surface area contributed by atoms with Crippen LogP contribution in [0.2, 0.25) is 0 Å². The zero-order chi connectivity index (χ0) is 18.1. The normalized spacial score (nSPS) is 12.3. The average molecular weight is 344 g/mol. The summed E-state index contributed by atoms with van der Waals surface area (Å²) in [6.07, 6.45) is 0. The molecule has 0 bridgehead atoms. The molecule has 0 radical (unpaired) electrons. The zero-order valence-electron chi connectivity index (χ0n) is 13.9. The van der Waals surface area contributed by atoms with E-state index in [1.807, 2.05) is 36.4 Å². The van der Waals surface area contributed by atoms with Crippen LogP contribution in [0.3, 0.4) is 0 Å². The van der Waals surface area contributed by atoms with Gasteiger partial charge in [-0.1, -0.05) is 60.7 Å². The molecule has 1 N–H and O–H groups in total. The minimum Gasteiger partial charge on any atom is -0.478 e. The molecule has 26 heavy (non-hydrogen) atoms. The second-order valence-corrected chi connectivity index (χ2v) is 6.18. The lowest BCUT2D eigenvalue weighted by Gasteiger charge is -2.14. The van der Waals surface area contributed by atoms with Crippen molar-refractivity contribution < 1.29 is 19.4 Å². The maximum atomic E-state index is 12.5. The van der Waals surface area contributed by atoms with Gasteiger partial charge in [0.2, 0.25) is 0 Å². The number of carboxylic acid groups (broad SMARTS) is 1. The molecule has 0 saturated carbocycles. The minimum absolute atomic E-state index is 0.0512. The minimum atomic E-state index is -1.14. The number of hydrogen-bond acceptors (Lipinski definition) is 3. The van der Waals surface area contributed by atoms with E-state index in [4.69, 9.17) is 4.74 Å². The summed E-state index contributed by atoms with van der Waals surface area (Å²) in [6.45, 7) is 0.167. The fourth-order valence-corrected chi connectivity index (χ4v) is 3.52. The quantitative estimate of drug-likeness (QED) is 0.715. The molecule has 4 heteroatoms. The van der Waals surface area contributed by atoms with Crippen LogP contribution in [-0.4, -0.2) is 23.7 Å². The molecule has 128 valence electrons. The summed E-state index contributed by atoms with van der Waals surface area (Å²) in [5.41, 5.74) is 4.55. The molecule has 0 aliphatic heterocycles. The van der Waals surface area contributed by atoms with E-state index >= 15 is 0 Å². The molecular formula is C22H16O4. The van der Waals surface area contributed by atoms with E-state index in [0.29, 0.717) is 0 Å². The number of carbonyl (C=O) groups is 2. The van der Waals surface area contributed by atoms with Gasteiger partial charge in [-0.25, -0.2) is 9.59 Å². The number of fused-ring (bicyclic) bond motifs is 3. The highest BCUT2D eigenvalue weighted by Crippen LogP contribution is 2.44. The Morgan fingerprint density at radius 2 is 1.27 bits per heavy atom. The maximum absolute atomic E-state index is 12.5. The maximum Gasteiger partial charge on any atom is 0.339 e. The SMILES string of the molecule is O=C(O)c1ccccc1C(=O)OCC1c2ccccc2-c2ccccc21. The number of aromatic carboxylic acids is 1. The van der Waals surface area contributed by atoms with Crippen molar-refractivity contribution in [2.24, 2.45) is 0 Å². The van der Waals surface area contributed by atoms with Gasteiger partial charge in [0, 0.05) is 5.92 Å². The lowest BCUT2D eigenvalue weighted by molar-refractivity contribution is 0.0483. The molecule has 4 nitrogen and oxygen atoms in total. The van der Waals surface area contributed by atoms with Crippen molar-refractivity contribution >= 4 is 11.9 Å². The van der Waals surface area contributed by atoms with Crippen molar-refractivity contribution in [3.05, 3.63) is 95.1 Å². The van der Waals surface area contributed by atoms with E-state index in [2.05, 4.69) is 12.1 Å². The third kappa shape index (κ3) is 2.65. The first kappa shape index (κ1) is 16.1. The Morgan fingerprint density at radius 1 is 0.769 bits per heavy atom. The number of rotatable bonds is 4. The molecule has 0 aromatic heterocycles. The highest BCUT2D eigenvalue weighted by molar-refractivity contribution is 6.02. The van der Waals surface area contributed by atoms with E-state index in [1.54, 1.807) is 12.1 Å². The van der Waals surface area contributed by atoms with E-state index in [0.717, 1.165) is 22.3 Å². The molecule has 1 aliphatic rings. The Balaban J connectivity index is 1.61. The Bertz CT molecular complexity index is 961. The van der Waals surface area contributed by atoms with Gasteiger partial charge in [-0.2, -0.15) is 0 Å². The van der Waals surface area contributed by atoms with Gasteiger partial charge in [-0.3, -0.25) is 0 Å². The second-order valence-electron chi connectivity index (χ2n) is 6.18. The fourth-order valence-electron chi connectivity index (χ4n) is 3.52. The average Bonchev–Trinajstić information content (AvgIpc) is 3.00. The first-order valence-corrected chi connectivity index (χ1v) is 8.34. The van der Waals surface area contributed by atoms with Crippen LogP contribution in [0.5, 0.6) is 0 Å². The van der Waals surface area contributed by atoms with Crippen LogP contribution in [0.4, 0.5) is 0 Å². The summed E-state index contributed by atoms with van der Waals surface area (Å²) in [6, 6.07) is 22.2. The molecule has 1 aliphatic carbocycles. The summed E-state index contributed by atoms with van der Waals surface area (Å²) < 4.78 is 5.51. The number of ether oxygens (including phenoxy) is 1. The van der Waals surface area contributed by atoms with Crippen molar-refractivity contribution in [1.29, 1.82) is 0 Å². The molecule has 3 aromatic rings. The van der Waals surface area contributed by atoms with Crippen molar-refractivity contribution in [3.63, 3.8) is 0 Å². The van der Waals surface area contributed by atoms with Crippen molar-refractivity contribution in [2.75, 3.05) is 6.61 Å². The topological polar surface area (TPSA) is 63.6 Å². The van der Waals surface area contributed by atoms with E-state index in [9.17, 15) is 14.7 Å². The summed E-state index contributed by atoms with van der Waals surface area (Å²) in [7, 11) is 0. The van der Waals surface area contributed by atoms with E-state index < -0.39 is 11.9 Å². The first-order valence-electron chi connectivity index (χ1n) is 8.34. The third-order valence-electron chi connectivity index (χ3n) is 4.72. The van der Waals surface area contributed by atoms with Gasteiger partial charge >= 0.3 is 11.9 Å². The number of carbonyl (C=O) groups excluding carboxylic acids is 1. The number of hydrogen-bond donors (Lipinski definition) is 1. The molecule has 0 fully saturated rings. The van der Waals surface area contributed by atoms with Crippen LogP contribution in [0, 0.1) is 0 Å². The monoisotopic (exact) mass is 344 g/mol. The molecule has 0 heterocycles. The highest BCUT2D eigenvalue weighted by atomic mass is 16.5. The Morgan fingerprint density at radius 3 is 1.85 bits per heavy atom. The van der Waals surface area contributed by atoms with Gasteiger partial charge in [0.25, 0.3) is 0 Å². The molecule has 0 spiro atoms. The van der Waals surface area contributed by atoms with Crippen LogP contribution in [0.1, 0.15) is 37.8 Å². The number of benzene rings is 3. The smallest absolute Gasteiger partial charge is 0.339 e. The van der Waals surface area contributed by atoms with Gasteiger partial charge in [0.15, 0.2) is 0 Å². The Kier molecular flexibility index (Phi) is 4.01. The van der Waals surface area contributed by atoms with Crippen LogP contribution in [0.25, 0.3) is 11.1 Å². The summed E-state index contributed by atoms with van der Waals surface area (Å²) in [4.78, 5) is 23.8. The van der Waals surface area contributed by atoms with Crippen LogP contribution < -0.4 is 0 Å². The third-order valence-corrected chi connectivity index (χ3v) is 4.72. The van der Waals surface area contributed by atoms with Gasteiger partial charge < -0.3 is 9.84 Å². The molecule has 0 unspecified atom stereocenters. The lowest BCUT2D eigenvalue weighted by atomic mass is 9.98. The van der Waals surface area contributed by atoms with Crippen molar-refractivity contribution in [1.82, 2.24) is 0 Å². The predicted molar refractivity (Wildman–Crippen MR) is 97.4 cm³/mol. The van der Waals surface area contributed by atoms with Gasteiger partial charge in [0.1, 0.15) is 6.61 Å². The Labute approximate surface area is 150 Å². The molecule has 4 rings (SSSR count). The number of esters is 1. The second kappa shape index (κ2) is 6.48. The van der Waals surface area contributed by atoms with Gasteiger partial charge in [-0.05, 0) is 34.4 Å². The molecular weight excluding hydrogens is 328 g/mol. The first-order chi connectivity index (χ1) is 12.7. The largest absolute Gasteiger partial charge is 0.478 e. The molecule has 0 atom stereocenters. The summed E-state index contributed by atoms with van der Waals surface area (Å²) in [5, 5.41) is 9.25. The van der Waals surface area contributed by atoms with E-state index in [-0.39, 0.29) is 23.7 Å².